The molecule has 0 radical (unpaired) electrons. The summed E-state index contributed by atoms with van der Waals surface area (Å²) in [6, 6.07) is 10.4. The summed E-state index contributed by atoms with van der Waals surface area (Å²) in [4.78, 5) is 12.6. The summed E-state index contributed by atoms with van der Waals surface area (Å²) >= 11 is 0. The number of carbonyl (C=O) groups is 1. The molecule has 0 aliphatic rings. The molecule has 0 aromatic heterocycles. The van der Waals surface area contributed by atoms with Crippen molar-refractivity contribution in [1.82, 2.24) is 5.32 Å². The Morgan fingerprint density at radius 3 is 2.48 bits per heavy atom. The van der Waals surface area contributed by atoms with E-state index in [9.17, 15) is 13.2 Å². The summed E-state index contributed by atoms with van der Waals surface area (Å²) in [7, 11) is -3.90. The molecule has 2 aromatic rings. The van der Waals surface area contributed by atoms with Gasteiger partial charge in [-0.05, 0) is 55.3 Å². The number of nitrogens with two attached hydrogens (primary N) is 1. The smallest absolute Gasteiger partial charge is 0.255 e. The van der Waals surface area contributed by atoms with Gasteiger partial charge in [0.05, 0.1) is 4.90 Å². The van der Waals surface area contributed by atoms with Crippen molar-refractivity contribution in [3.05, 3.63) is 58.7 Å². The highest BCUT2D eigenvalue weighted by Crippen LogP contribution is 2.22. The van der Waals surface area contributed by atoms with E-state index in [0.717, 1.165) is 12.1 Å². The van der Waals surface area contributed by atoms with Crippen LogP contribution in [0, 0.1) is 13.8 Å². The Morgan fingerprint density at radius 2 is 1.84 bits per heavy atom. The zero-order valence-electron chi connectivity index (χ0n) is 14.6. The molecule has 7 heteroatoms. The molecule has 0 aliphatic heterocycles. The molecule has 6 nitrogen and oxygen atoms in total. The van der Waals surface area contributed by atoms with E-state index < -0.39 is 10.0 Å². The monoisotopic (exact) mass is 361 g/mol. The van der Waals surface area contributed by atoms with Crippen LogP contribution in [-0.2, 0) is 16.6 Å². The number of para-hydroxylation sites is 1. The third-order valence-electron chi connectivity index (χ3n) is 4.02. The third-order valence-corrected chi connectivity index (χ3v) is 5.06. The van der Waals surface area contributed by atoms with E-state index in [1.165, 1.54) is 6.07 Å². The molecule has 25 heavy (non-hydrogen) atoms. The van der Waals surface area contributed by atoms with Crippen LogP contribution in [0.3, 0.4) is 0 Å². The van der Waals surface area contributed by atoms with Crippen molar-refractivity contribution < 1.29 is 13.2 Å². The van der Waals surface area contributed by atoms with Gasteiger partial charge in [0.2, 0.25) is 10.0 Å². The number of aryl methyl sites for hydroxylation is 1. The van der Waals surface area contributed by atoms with Crippen LogP contribution in [0.4, 0.5) is 5.69 Å². The Kier molecular flexibility index (Phi) is 5.94. The molecule has 0 spiro atoms. The quantitative estimate of drug-likeness (QED) is 0.735. The molecule has 2 rings (SSSR count). The Labute approximate surface area is 148 Å². The maximum Gasteiger partial charge on any atom is 0.255 e. The molecule has 4 N–H and O–H groups in total. The number of nitrogens with one attached hydrogen (secondary N) is 2. The summed E-state index contributed by atoms with van der Waals surface area (Å²) in [6.07, 6.45) is 0. The Bertz CT molecular complexity index is 892. The van der Waals surface area contributed by atoms with Crippen LogP contribution in [0.2, 0.25) is 0 Å². The largest absolute Gasteiger partial charge is 0.322 e. The molecule has 0 unspecified atom stereocenters. The number of rotatable bonds is 6. The summed E-state index contributed by atoms with van der Waals surface area (Å²) in [5, 5.41) is 11.3. The van der Waals surface area contributed by atoms with Crippen LogP contribution < -0.4 is 15.8 Å². The fourth-order valence-corrected chi connectivity index (χ4v) is 3.38. The van der Waals surface area contributed by atoms with E-state index in [1.54, 1.807) is 19.9 Å². The van der Waals surface area contributed by atoms with Crippen molar-refractivity contribution in [1.29, 1.82) is 0 Å². The van der Waals surface area contributed by atoms with E-state index in [-0.39, 0.29) is 16.4 Å². The van der Waals surface area contributed by atoms with Crippen molar-refractivity contribution in [2.75, 3.05) is 11.9 Å². The molecule has 0 bridgehead atoms. The highest BCUT2D eigenvalue weighted by molar-refractivity contribution is 7.89. The van der Waals surface area contributed by atoms with Gasteiger partial charge in [0.1, 0.15) is 0 Å². The maximum atomic E-state index is 12.6. The number of anilines is 1. The molecular formula is C18H23N3O3S. The highest BCUT2D eigenvalue weighted by atomic mass is 32.2. The molecular weight excluding hydrogens is 338 g/mol. The number of hydrogen-bond acceptors (Lipinski definition) is 4. The van der Waals surface area contributed by atoms with Gasteiger partial charge in [0, 0.05) is 17.8 Å². The first-order chi connectivity index (χ1) is 11.7. The molecule has 0 saturated heterocycles. The lowest BCUT2D eigenvalue weighted by Gasteiger charge is -2.13. The number of carbonyl (C=O) groups excluding carboxylic acids is 1. The Morgan fingerprint density at radius 1 is 1.16 bits per heavy atom. The van der Waals surface area contributed by atoms with Crippen LogP contribution in [0.1, 0.15) is 34.0 Å². The zero-order chi connectivity index (χ0) is 18.6. The van der Waals surface area contributed by atoms with Crippen LogP contribution in [-0.4, -0.2) is 20.9 Å². The van der Waals surface area contributed by atoms with Crippen LogP contribution >= 0.6 is 0 Å². The van der Waals surface area contributed by atoms with Gasteiger partial charge in [-0.1, -0.05) is 25.1 Å². The number of benzene rings is 2. The van der Waals surface area contributed by atoms with Gasteiger partial charge < -0.3 is 10.6 Å². The number of sulfonamides is 1. The van der Waals surface area contributed by atoms with E-state index >= 15 is 0 Å². The molecule has 0 aliphatic carbocycles. The fourth-order valence-electron chi connectivity index (χ4n) is 2.50. The van der Waals surface area contributed by atoms with E-state index in [2.05, 4.69) is 10.6 Å². The van der Waals surface area contributed by atoms with E-state index in [0.29, 0.717) is 23.4 Å². The topological polar surface area (TPSA) is 101 Å². The normalized spacial score (nSPS) is 11.4. The molecule has 0 heterocycles. The lowest BCUT2D eigenvalue weighted by Crippen LogP contribution is -2.19. The first-order valence-electron chi connectivity index (χ1n) is 7.98. The van der Waals surface area contributed by atoms with Gasteiger partial charge in [-0.15, -0.1) is 0 Å². The lowest BCUT2D eigenvalue weighted by atomic mass is 10.1. The van der Waals surface area contributed by atoms with Gasteiger partial charge in [0.15, 0.2) is 0 Å². The molecule has 134 valence electrons. The van der Waals surface area contributed by atoms with E-state index in [4.69, 9.17) is 5.14 Å². The minimum absolute atomic E-state index is 0.0291. The summed E-state index contributed by atoms with van der Waals surface area (Å²) in [6.45, 7) is 6.87. The second kappa shape index (κ2) is 7.77. The van der Waals surface area contributed by atoms with Crippen LogP contribution in [0.5, 0.6) is 0 Å². The first-order valence-corrected chi connectivity index (χ1v) is 9.52. The predicted octanol–water partition coefficient (Wildman–Crippen LogP) is 2.31. The van der Waals surface area contributed by atoms with E-state index in [1.807, 2.05) is 31.2 Å². The average molecular weight is 361 g/mol. The number of hydrogen-bond donors (Lipinski definition) is 3. The summed E-state index contributed by atoms with van der Waals surface area (Å²) in [5.41, 5.74) is 3.13. The van der Waals surface area contributed by atoms with Crippen molar-refractivity contribution in [2.24, 2.45) is 5.14 Å². The molecule has 0 atom stereocenters. The standard InChI is InChI=1S/C18H23N3O3S/c1-4-20-11-14-7-5-6-8-16(14)21-18(22)15-9-12(2)13(3)17(10-15)25(19,23)24/h5-10,20H,4,11H2,1-3H3,(H,21,22)(H2,19,23,24). The SMILES string of the molecule is CCNCc1ccccc1NC(=O)c1cc(C)c(C)c(S(N)(=O)=O)c1. The Balaban J connectivity index is 2.35. The summed E-state index contributed by atoms with van der Waals surface area (Å²) in [5.74, 6) is -0.378. The van der Waals surface area contributed by atoms with Gasteiger partial charge in [-0.3, -0.25) is 4.79 Å². The Hall–Kier alpha value is -2.22. The minimum atomic E-state index is -3.90. The molecule has 0 saturated carbocycles. The molecule has 1 amide bonds. The predicted molar refractivity (Wildman–Crippen MR) is 99.1 cm³/mol. The van der Waals surface area contributed by atoms with Gasteiger partial charge in [-0.25, -0.2) is 13.6 Å². The van der Waals surface area contributed by atoms with Crippen LogP contribution in [0.15, 0.2) is 41.3 Å². The van der Waals surface area contributed by atoms with Crippen molar-refractivity contribution in [3.8, 4) is 0 Å². The molecule has 2 aromatic carbocycles. The van der Waals surface area contributed by atoms with Gasteiger partial charge in [0.25, 0.3) is 5.91 Å². The number of amides is 1. The van der Waals surface area contributed by atoms with Crippen molar-refractivity contribution >= 4 is 21.6 Å². The zero-order valence-corrected chi connectivity index (χ0v) is 15.4. The van der Waals surface area contributed by atoms with Gasteiger partial charge >= 0.3 is 0 Å². The minimum Gasteiger partial charge on any atom is -0.322 e. The number of primary sulfonamides is 1. The highest BCUT2D eigenvalue weighted by Gasteiger charge is 2.18. The van der Waals surface area contributed by atoms with Gasteiger partial charge in [-0.2, -0.15) is 0 Å². The molecule has 0 fully saturated rings. The second-order valence-electron chi connectivity index (χ2n) is 5.85. The van der Waals surface area contributed by atoms with Crippen molar-refractivity contribution in [2.45, 2.75) is 32.2 Å². The fraction of sp³-hybridized carbons (Fsp3) is 0.278. The van der Waals surface area contributed by atoms with Crippen molar-refractivity contribution in [3.63, 3.8) is 0 Å². The average Bonchev–Trinajstić information content (AvgIpc) is 2.55. The maximum absolute atomic E-state index is 12.6. The first kappa shape index (κ1) is 19.1. The lowest BCUT2D eigenvalue weighted by molar-refractivity contribution is 0.102. The third kappa shape index (κ3) is 4.66. The second-order valence-corrected chi connectivity index (χ2v) is 7.38. The van der Waals surface area contributed by atoms with Crippen LogP contribution in [0.25, 0.3) is 0 Å². The summed E-state index contributed by atoms with van der Waals surface area (Å²) < 4.78 is 23.5.